The molecule has 1 aromatic rings. The number of rotatable bonds is 4. The van der Waals surface area contributed by atoms with Gasteiger partial charge in [-0.05, 0) is 37.5 Å². The molecule has 0 saturated heterocycles. The average Bonchev–Trinajstić information content (AvgIpc) is 2.84. The van der Waals surface area contributed by atoms with Crippen LogP contribution in [0.15, 0.2) is 24.5 Å². The number of pyridine rings is 1. The summed E-state index contributed by atoms with van der Waals surface area (Å²) in [5.74, 6) is 0.0966. The van der Waals surface area contributed by atoms with E-state index in [0.29, 0.717) is 13.1 Å². The number of carbonyl (C=O) groups excluding carboxylic acids is 1. The van der Waals surface area contributed by atoms with Crippen LogP contribution < -0.4 is 5.73 Å². The summed E-state index contributed by atoms with van der Waals surface area (Å²) in [5, 5.41) is 0. The maximum atomic E-state index is 12.5. The Balaban J connectivity index is 2.07. The zero-order valence-electron chi connectivity index (χ0n) is 10.9. The summed E-state index contributed by atoms with van der Waals surface area (Å²) >= 11 is 0. The van der Waals surface area contributed by atoms with E-state index in [9.17, 15) is 4.79 Å². The fourth-order valence-corrected chi connectivity index (χ4v) is 2.57. The van der Waals surface area contributed by atoms with Crippen molar-refractivity contribution in [1.82, 2.24) is 9.88 Å². The van der Waals surface area contributed by atoms with Crippen LogP contribution in [0.1, 0.15) is 38.2 Å². The highest BCUT2D eigenvalue weighted by molar-refractivity contribution is 5.86. The summed E-state index contributed by atoms with van der Waals surface area (Å²) in [4.78, 5) is 18.3. The van der Waals surface area contributed by atoms with E-state index in [4.69, 9.17) is 5.73 Å². The van der Waals surface area contributed by atoms with Crippen molar-refractivity contribution in [2.24, 2.45) is 5.73 Å². The van der Waals surface area contributed by atoms with Gasteiger partial charge in [0.1, 0.15) is 0 Å². The maximum Gasteiger partial charge on any atom is 0.242 e. The molecule has 1 saturated carbocycles. The SMILES string of the molecule is CCN(Cc1ccncc1)C(=O)C1(N)CCCC1. The minimum atomic E-state index is -0.622. The molecule has 1 heterocycles. The average molecular weight is 247 g/mol. The molecule has 0 aromatic carbocycles. The summed E-state index contributed by atoms with van der Waals surface area (Å²) in [7, 11) is 0. The second-order valence-electron chi connectivity index (χ2n) is 5.04. The Morgan fingerprint density at radius 1 is 1.39 bits per heavy atom. The van der Waals surface area contributed by atoms with Crippen LogP contribution >= 0.6 is 0 Å². The molecule has 0 atom stereocenters. The molecule has 4 heteroatoms. The highest BCUT2D eigenvalue weighted by Crippen LogP contribution is 2.29. The standard InChI is InChI=1S/C14H21N3O/c1-2-17(11-12-5-9-16-10-6-12)13(18)14(15)7-3-4-8-14/h5-6,9-10H,2-4,7-8,11,15H2,1H3. The van der Waals surface area contributed by atoms with Crippen molar-refractivity contribution in [3.05, 3.63) is 30.1 Å². The molecule has 2 N–H and O–H groups in total. The third-order valence-electron chi connectivity index (χ3n) is 3.71. The summed E-state index contributed by atoms with van der Waals surface area (Å²) in [5.41, 5.74) is 6.71. The van der Waals surface area contributed by atoms with Crippen molar-refractivity contribution in [2.75, 3.05) is 6.54 Å². The first-order chi connectivity index (χ1) is 8.65. The van der Waals surface area contributed by atoms with Crippen LogP contribution in [0.2, 0.25) is 0 Å². The zero-order valence-corrected chi connectivity index (χ0v) is 10.9. The largest absolute Gasteiger partial charge is 0.337 e. The third-order valence-corrected chi connectivity index (χ3v) is 3.71. The van der Waals surface area contributed by atoms with Gasteiger partial charge in [-0.2, -0.15) is 0 Å². The first-order valence-electron chi connectivity index (χ1n) is 6.63. The summed E-state index contributed by atoms with van der Waals surface area (Å²) in [6, 6.07) is 3.88. The molecule has 0 bridgehead atoms. The molecule has 0 unspecified atom stereocenters. The highest BCUT2D eigenvalue weighted by atomic mass is 16.2. The normalized spacial score (nSPS) is 17.7. The number of nitrogens with two attached hydrogens (primary N) is 1. The van der Waals surface area contributed by atoms with Crippen LogP contribution in [0.4, 0.5) is 0 Å². The summed E-state index contributed by atoms with van der Waals surface area (Å²) in [6.07, 6.45) is 7.27. The molecule has 18 heavy (non-hydrogen) atoms. The van der Waals surface area contributed by atoms with E-state index < -0.39 is 5.54 Å². The van der Waals surface area contributed by atoms with Crippen molar-refractivity contribution in [3.63, 3.8) is 0 Å². The van der Waals surface area contributed by atoms with Gasteiger partial charge in [0, 0.05) is 25.5 Å². The summed E-state index contributed by atoms with van der Waals surface area (Å²) < 4.78 is 0. The molecule has 0 spiro atoms. The van der Waals surface area contributed by atoms with E-state index in [1.165, 1.54) is 0 Å². The fraction of sp³-hybridized carbons (Fsp3) is 0.571. The van der Waals surface area contributed by atoms with E-state index in [-0.39, 0.29) is 5.91 Å². The minimum absolute atomic E-state index is 0.0966. The number of nitrogens with zero attached hydrogens (tertiary/aromatic N) is 2. The Kier molecular flexibility index (Phi) is 3.97. The van der Waals surface area contributed by atoms with Crippen molar-refractivity contribution in [2.45, 2.75) is 44.7 Å². The lowest BCUT2D eigenvalue weighted by atomic mass is 9.97. The highest BCUT2D eigenvalue weighted by Gasteiger charge is 2.39. The van der Waals surface area contributed by atoms with Crippen LogP contribution in [0.3, 0.4) is 0 Å². The van der Waals surface area contributed by atoms with Crippen LogP contribution in [0, 0.1) is 0 Å². The molecule has 1 amide bonds. The number of hydrogen-bond donors (Lipinski definition) is 1. The Morgan fingerprint density at radius 3 is 2.56 bits per heavy atom. The molecular formula is C14H21N3O. The molecular weight excluding hydrogens is 226 g/mol. The van der Waals surface area contributed by atoms with Crippen molar-refractivity contribution in [1.29, 1.82) is 0 Å². The van der Waals surface area contributed by atoms with E-state index >= 15 is 0 Å². The van der Waals surface area contributed by atoms with Gasteiger partial charge in [-0.3, -0.25) is 9.78 Å². The smallest absolute Gasteiger partial charge is 0.242 e. The molecule has 1 aromatic heterocycles. The van der Waals surface area contributed by atoms with Crippen LogP contribution in [0.5, 0.6) is 0 Å². The fourth-order valence-electron chi connectivity index (χ4n) is 2.57. The minimum Gasteiger partial charge on any atom is -0.337 e. The van der Waals surface area contributed by atoms with Crippen molar-refractivity contribution >= 4 is 5.91 Å². The first-order valence-corrected chi connectivity index (χ1v) is 6.63. The van der Waals surface area contributed by atoms with E-state index in [1.54, 1.807) is 12.4 Å². The first kappa shape index (κ1) is 13.0. The molecule has 4 nitrogen and oxygen atoms in total. The predicted molar refractivity (Wildman–Crippen MR) is 70.7 cm³/mol. The Morgan fingerprint density at radius 2 is 2.00 bits per heavy atom. The molecule has 1 aliphatic rings. The second kappa shape index (κ2) is 5.48. The van der Waals surface area contributed by atoms with Gasteiger partial charge < -0.3 is 10.6 Å². The number of likely N-dealkylation sites (N-methyl/N-ethyl adjacent to an activating group) is 1. The quantitative estimate of drug-likeness (QED) is 0.881. The lowest BCUT2D eigenvalue weighted by Crippen LogP contribution is -2.53. The molecule has 98 valence electrons. The number of hydrogen-bond acceptors (Lipinski definition) is 3. The lowest BCUT2D eigenvalue weighted by molar-refractivity contribution is -0.137. The maximum absolute atomic E-state index is 12.5. The van der Waals surface area contributed by atoms with E-state index in [1.807, 2.05) is 24.0 Å². The van der Waals surface area contributed by atoms with E-state index in [2.05, 4.69) is 4.98 Å². The lowest BCUT2D eigenvalue weighted by Gasteiger charge is -2.30. The van der Waals surface area contributed by atoms with Gasteiger partial charge in [0.25, 0.3) is 0 Å². The Hall–Kier alpha value is -1.42. The topological polar surface area (TPSA) is 59.2 Å². The summed E-state index contributed by atoms with van der Waals surface area (Å²) in [6.45, 7) is 3.31. The number of carbonyl (C=O) groups is 1. The third kappa shape index (κ3) is 2.70. The van der Waals surface area contributed by atoms with Gasteiger partial charge in [-0.15, -0.1) is 0 Å². The van der Waals surface area contributed by atoms with Crippen LogP contribution in [0.25, 0.3) is 0 Å². The van der Waals surface area contributed by atoms with E-state index in [0.717, 1.165) is 31.2 Å². The molecule has 2 rings (SSSR count). The van der Waals surface area contributed by atoms with Gasteiger partial charge in [-0.25, -0.2) is 0 Å². The van der Waals surface area contributed by atoms with Crippen molar-refractivity contribution < 1.29 is 4.79 Å². The number of amides is 1. The van der Waals surface area contributed by atoms with Gasteiger partial charge in [0.05, 0.1) is 5.54 Å². The second-order valence-corrected chi connectivity index (χ2v) is 5.04. The van der Waals surface area contributed by atoms with Gasteiger partial charge in [-0.1, -0.05) is 12.8 Å². The monoisotopic (exact) mass is 247 g/mol. The van der Waals surface area contributed by atoms with Gasteiger partial charge >= 0.3 is 0 Å². The van der Waals surface area contributed by atoms with Crippen LogP contribution in [-0.2, 0) is 11.3 Å². The molecule has 0 aliphatic heterocycles. The van der Waals surface area contributed by atoms with Crippen LogP contribution in [-0.4, -0.2) is 27.9 Å². The van der Waals surface area contributed by atoms with Gasteiger partial charge in [0.2, 0.25) is 5.91 Å². The number of aromatic nitrogens is 1. The molecule has 1 aliphatic carbocycles. The molecule has 0 radical (unpaired) electrons. The molecule has 1 fully saturated rings. The zero-order chi connectivity index (χ0) is 13.0. The Bertz CT molecular complexity index is 399. The predicted octanol–water partition coefficient (Wildman–Crippen LogP) is 1.70. The van der Waals surface area contributed by atoms with Gasteiger partial charge in [0.15, 0.2) is 0 Å². The Labute approximate surface area is 108 Å². The van der Waals surface area contributed by atoms with Crippen molar-refractivity contribution in [3.8, 4) is 0 Å².